The van der Waals surface area contributed by atoms with Gasteiger partial charge in [0.05, 0.1) is 0 Å². The van der Waals surface area contributed by atoms with E-state index in [9.17, 15) is 4.79 Å². The highest BCUT2D eigenvalue weighted by Gasteiger charge is 2.47. The Morgan fingerprint density at radius 3 is 2.68 bits per heavy atom. The van der Waals surface area contributed by atoms with E-state index in [1.165, 1.54) is 11.9 Å². The van der Waals surface area contributed by atoms with Gasteiger partial charge in [0.25, 0.3) is 5.78 Å². The predicted octanol–water partition coefficient (Wildman–Crippen LogP) is 2.86. The van der Waals surface area contributed by atoms with Crippen LogP contribution in [0.15, 0.2) is 36.7 Å². The number of carbonyl (C=O) groups is 1. The molecule has 5 rings (SSSR count). The van der Waals surface area contributed by atoms with Crippen molar-refractivity contribution in [3.63, 3.8) is 0 Å². The van der Waals surface area contributed by atoms with E-state index in [4.69, 9.17) is 0 Å². The highest BCUT2D eigenvalue weighted by molar-refractivity contribution is 5.85. The van der Waals surface area contributed by atoms with Crippen molar-refractivity contribution in [2.24, 2.45) is 11.8 Å². The fourth-order valence-corrected chi connectivity index (χ4v) is 5.52. The maximum absolute atomic E-state index is 13.1. The Morgan fingerprint density at radius 1 is 1.13 bits per heavy atom. The molecular formula is C23H29ClN6O. The van der Waals surface area contributed by atoms with Gasteiger partial charge in [-0.3, -0.25) is 9.69 Å². The number of aryl methyl sites for hydroxylation is 2. The molecule has 2 aliphatic rings. The largest absolute Gasteiger partial charge is 0.342 e. The normalized spacial score (nSPS) is 23.2. The van der Waals surface area contributed by atoms with Gasteiger partial charge in [-0.1, -0.05) is 30.3 Å². The van der Waals surface area contributed by atoms with Gasteiger partial charge in [-0.2, -0.15) is 10.1 Å². The molecule has 3 aromatic rings. The van der Waals surface area contributed by atoms with Crippen LogP contribution in [0.3, 0.4) is 0 Å². The summed E-state index contributed by atoms with van der Waals surface area (Å²) < 4.78 is 1.76. The molecule has 8 heteroatoms. The van der Waals surface area contributed by atoms with E-state index in [1.54, 1.807) is 4.52 Å². The summed E-state index contributed by atoms with van der Waals surface area (Å²) in [5.74, 6) is 1.93. The van der Waals surface area contributed by atoms with Crippen molar-refractivity contribution in [1.29, 1.82) is 0 Å². The molecule has 2 saturated heterocycles. The number of benzene rings is 1. The van der Waals surface area contributed by atoms with Crippen LogP contribution in [0.5, 0.6) is 0 Å². The smallest absolute Gasteiger partial charge is 0.252 e. The minimum atomic E-state index is 0. The minimum absolute atomic E-state index is 0. The third-order valence-electron chi connectivity index (χ3n) is 6.97. The molecule has 0 unspecified atom stereocenters. The highest BCUT2D eigenvalue weighted by atomic mass is 35.5. The van der Waals surface area contributed by atoms with E-state index in [0.717, 1.165) is 36.6 Å². The summed E-state index contributed by atoms with van der Waals surface area (Å²) in [5, 5.41) is 4.25. The van der Waals surface area contributed by atoms with Crippen LogP contribution < -0.4 is 0 Å². The van der Waals surface area contributed by atoms with Gasteiger partial charge in [0.2, 0.25) is 5.91 Å². The Bertz CT molecular complexity index is 1080. The number of hydrogen-bond acceptors (Lipinski definition) is 5. The minimum Gasteiger partial charge on any atom is -0.342 e. The summed E-state index contributed by atoms with van der Waals surface area (Å²) in [6.07, 6.45) is 2.72. The van der Waals surface area contributed by atoms with Gasteiger partial charge < -0.3 is 4.90 Å². The molecule has 0 aliphatic carbocycles. The van der Waals surface area contributed by atoms with E-state index in [-0.39, 0.29) is 18.3 Å². The van der Waals surface area contributed by atoms with Crippen LogP contribution in [0.2, 0.25) is 0 Å². The second-order valence-electron chi connectivity index (χ2n) is 8.75. The molecule has 4 heterocycles. The van der Waals surface area contributed by atoms with Crippen molar-refractivity contribution in [3.05, 3.63) is 59.2 Å². The number of amides is 1. The summed E-state index contributed by atoms with van der Waals surface area (Å²) in [6.45, 7) is 6.79. The van der Waals surface area contributed by atoms with Crippen LogP contribution >= 0.6 is 12.4 Å². The van der Waals surface area contributed by atoms with Gasteiger partial charge in [-0.05, 0) is 44.4 Å². The third-order valence-corrected chi connectivity index (χ3v) is 6.97. The Balaban J connectivity index is 0.00000231. The maximum atomic E-state index is 13.1. The van der Waals surface area contributed by atoms with Crippen LogP contribution in [0.25, 0.3) is 5.78 Å². The second-order valence-corrected chi connectivity index (χ2v) is 8.75. The topological polar surface area (TPSA) is 66.6 Å². The number of halogens is 1. The first-order valence-corrected chi connectivity index (χ1v) is 10.7. The van der Waals surface area contributed by atoms with Crippen molar-refractivity contribution in [2.45, 2.75) is 32.7 Å². The van der Waals surface area contributed by atoms with Crippen LogP contribution in [-0.4, -0.2) is 62.0 Å². The molecule has 0 radical (unpaired) electrons. The molecule has 0 N–H and O–H groups in total. The number of likely N-dealkylation sites (tertiary alicyclic amines) is 2. The molecule has 2 aliphatic heterocycles. The number of carbonyl (C=O) groups excluding carboxylic acids is 1. The molecule has 3 atom stereocenters. The third kappa shape index (κ3) is 3.81. The molecular weight excluding hydrogens is 412 g/mol. The van der Waals surface area contributed by atoms with Crippen molar-refractivity contribution < 1.29 is 4.79 Å². The van der Waals surface area contributed by atoms with Crippen molar-refractivity contribution >= 4 is 24.1 Å². The summed E-state index contributed by atoms with van der Waals surface area (Å²) >= 11 is 0. The average Bonchev–Trinajstić information content (AvgIpc) is 3.42. The fraction of sp³-hybridized carbons (Fsp3) is 0.478. The molecule has 2 fully saturated rings. The fourth-order valence-electron chi connectivity index (χ4n) is 5.52. The van der Waals surface area contributed by atoms with Crippen LogP contribution in [0.4, 0.5) is 0 Å². The van der Waals surface area contributed by atoms with Crippen molar-refractivity contribution in [2.75, 3.05) is 26.7 Å². The first-order chi connectivity index (χ1) is 14.5. The molecule has 0 spiro atoms. The number of aromatic nitrogens is 4. The first-order valence-electron chi connectivity index (χ1n) is 10.7. The van der Waals surface area contributed by atoms with E-state index in [1.807, 2.05) is 13.8 Å². The zero-order chi connectivity index (χ0) is 20.8. The van der Waals surface area contributed by atoms with Gasteiger partial charge in [0.15, 0.2) is 0 Å². The number of nitrogens with zero attached hydrogens (tertiary/aromatic N) is 6. The van der Waals surface area contributed by atoms with Gasteiger partial charge in [-0.15, -0.1) is 12.4 Å². The van der Waals surface area contributed by atoms with Crippen LogP contribution in [0, 0.1) is 25.7 Å². The van der Waals surface area contributed by atoms with Gasteiger partial charge in [0, 0.05) is 49.4 Å². The quantitative estimate of drug-likeness (QED) is 0.624. The summed E-state index contributed by atoms with van der Waals surface area (Å²) in [7, 11) is 2.21. The lowest BCUT2D eigenvalue weighted by atomic mass is 9.90. The Hall–Kier alpha value is -2.51. The van der Waals surface area contributed by atoms with E-state index in [0.29, 0.717) is 36.5 Å². The van der Waals surface area contributed by atoms with Crippen molar-refractivity contribution in [3.8, 4) is 0 Å². The van der Waals surface area contributed by atoms with Crippen molar-refractivity contribution in [1.82, 2.24) is 29.4 Å². The number of fused-ring (bicyclic) bond motifs is 2. The summed E-state index contributed by atoms with van der Waals surface area (Å²) in [6, 6.07) is 11.1. The van der Waals surface area contributed by atoms with Gasteiger partial charge in [-0.25, -0.2) is 9.50 Å². The first kappa shape index (κ1) is 21.7. The Kier molecular flexibility index (Phi) is 5.99. The lowest BCUT2D eigenvalue weighted by Gasteiger charge is -2.27. The predicted molar refractivity (Wildman–Crippen MR) is 121 cm³/mol. The van der Waals surface area contributed by atoms with E-state index >= 15 is 0 Å². The monoisotopic (exact) mass is 440 g/mol. The molecule has 2 aromatic heterocycles. The zero-order valence-corrected chi connectivity index (χ0v) is 19.0. The Labute approximate surface area is 188 Å². The van der Waals surface area contributed by atoms with E-state index in [2.05, 4.69) is 62.2 Å². The average molecular weight is 441 g/mol. The highest BCUT2D eigenvalue weighted by Crippen LogP contribution is 2.44. The molecule has 164 valence electrons. The SMILES string of the molecule is Cc1nc2ncnn2c(C)c1CCC(=O)N1C[C@@H]2CN(C)[C@@H](c3ccccc3)[C@@H]2C1.Cl. The number of hydrogen-bond donors (Lipinski definition) is 0. The van der Waals surface area contributed by atoms with Gasteiger partial charge in [0.1, 0.15) is 6.33 Å². The molecule has 0 bridgehead atoms. The maximum Gasteiger partial charge on any atom is 0.252 e. The standard InChI is InChI=1S/C23H28N6O.ClH/c1-15-19(16(2)29-23(26-15)24-14-25-29)9-10-21(30)28-12-18-11-27(3)22(20(18)13-28)17-7-5-4-6-8-17;/h4-8,14,18,20,22H,9-13H2,1-3H3;1H/t18-,20+,22-;/m0./s1. The Morgan fingerprint density at radius 2 is 1.90 bits per heavy atom. The lowest BCUT2D eigenvalue weighted by Crippen LogP contribution is -2.33. The molecule has 7 nitrogen and oxygen atoms in total. The molecule has 0 saturated carbocycles. The summed E-state index contributed by atoms with van der Waals surface area (Å²) in [5.41, 5.74) is 4.42. The lowest BCUT2D eigenvalue weighted by molar-refractivity contribution is -0.130. The second kappa shape index (κ2) is 8.55. The summed E-state index contributed by atoms with van der Waals surface area (Å²) in [4.78, 5) is 26.3. The van der Waals surface area contributed by atoms with Crippen LogP contribution in [0.1, 0.15) is 35.0 Å². The molecule has 1 amide bonds. The van der Waals surface area contributed by atoms with E-state index < -0.39 is 0 Å². The number of rotatable bonds is 4. The zero-order valence-electron chi connectivity index (χ0n) is 18.2. The van der Waals surface area contributed by atoms with Crippen LogP contribution in [-0.2, 0) is 11.2 Å². The van der Waals surface area contributed by atoms with Gasteiger partial charge >= 0.3 is 0 Å². The molecule has 1 aromatic carbocycles. The molecule has 31 heavy (non-hydrogen) atoms.